The molecule has 1 N–H and O–H groups in total. The normalized spacial score (nSPS) is 15.2. The number of fused-ring (bicyclic) bond motifs is 5. The summed E-state index contributed by atoms with van der Waals surface area (Å²) in [5.74, 6) is 0. The maximum atomic E-state index is 3.75. The van der Waals surface area contributed by atoms with Crippen LogP contribution in [0.1, 0.15) is 0 Å². The van der Waals surface area contributed by atoms with Crippen LogP contribution >= 0.6 is 0 Å². The highest BCUT2D eigenvalue weighted by molar-refractivity contribution is 6.12. The van der Waals surface area contributed by atoms with E-state index in [2.05, 4.69) is 169 Å². The number of rotatable bonds is 3. The zero-order valence-corrected chi connectivity index (χ0v) is 24.2. The van der Waals surface area contributed by atoms with E-state index in [1.807, 2.05) is 0 Å². The van der Waals surface area contributed by atoms with Crippen LogP contribution in [0.2, 0.25) is 0 Å². The van der Waals surface area contributed by atoms with Gasteiger partial charge in [0.15, 0.2) is 0 Å². The van der Waals surface area contributed by atoms with Crippen molar-refractivity contribution >= 4 is 44.1 Å². The molecule has 0 bridgehead atoms. The van der Waals surface area contributed by atoms with Crippen LogP contribution < -0.4 is 15.8 Å². The van der Waals surface area contributed by atoms with Crippen molar-refractivity contribution in [3.8, 4) is 33.4 Å². The molecule has 7 aromatic carbocycles. The minimum Gasteiger partial charge on any atom is -0.380 e. The Hall–Kier alpha value is -5.66. The summed E-state index contributed by atoms with van der Waals surface area (Å²) >= 11 is 0. The molecule has 7 aromatic rings. The van der Waals surface area contributed by atoms with Gasteiger partial charge >= 0.3 is 0 Å². The van der Waals surface area contributed by atoms with Crippen LogP contribution in [0, 0.1) is 0 Å². The number of allylic oxidation sites excluding steroid dienone is 2. The Morgan fingerprint density at radius 2 is 1.14 bits per heavy atom. The second-order valence-electron chi connectivity index (χ2n) is 11.7. The molecule has 44 heavy (non-hydrogen) atoms. The minimum atomic E-state index is 0.131. The molecule has 0 saturated heterocycles. The monoisotopic (exact) mass is 559 g/mol. The van der Waals surface area contributed by atoms with Crippen molar-refractivity contribution in [1.82, 2.24) is 5.32 Å². The van der Waals surface area contributed by atoms with Crippen LogP contribution in [0.4, 0.5) is 0 Å². The van der Waals surface area contributed by atoms with Crippen molar-refractivity contribution in [2.75, 3.05) is 0 Å². The average molecular weight is 560 g/mol. The summed E-state index contributed by atoms with van der Waals surface area (Å²) in [6, 6.07) is 48.9. The largest absolute Gasteiger partial charge is 0.380 e. The summed E-state index contributed by atoms with van der Waals surface area (Å²) in [5, 5.41) is 13.9. The Labute approximate surface area is 256 Å². The molecule has 1 aliphatic carbocycles. The molecule has 0 fully saturated rings. The first-order valence-corrected chi connectivity index (χ1v) is 15.3. The maximum Gasteiger partial charge on any atom is 0.0702 e. The molecule has 9 rings (SSSR count). The van der Waals surface area contributed by atoms with E-state index in [-0.39, 0.29) is 6.04 Å². The van der Waals surface area contributed by atoms with Gasteiger partial charge in [0.2, 0.25) is 0 Å². The predicted molar refractivity (Wildman–Crippen MR) is 188 cm³/mol. The molecule has 206 valence electrons. The first-order chi connectivity index (χ1) is 21.8. The van der Waals surface area contributed by atoms with E-state index in [1.54, 1.807) is 0 Å². The maximum absolute atomic E-state index is 3.75. The van der Waals surface area contributed by atoms with Crippen LogP contribution in [0.15, 0.2) is 158 Å². The zero-order valence-electron chi connectivity index (χ0n) is 24.2. The standard InChI is InChI=1S/C43H29N/c1-2-14-30-26-31(25-24-28(30)12-1)33-17-5-6-18-34(33)41-36-19-7-8-20-37(36)42(35-22-11-15-29-13-3-4-16-32(29)35)43-38-21-9-10-23-40(38)44-27-39(41)43/h1-27,40,44H. The highest BCUT2D eigenvalue weighted by Crippen LogP contribution is 2.39. The van der Waals surface area contributed by atoms with E-state index >= 15 is 0 Å². The van der Waals surface area contributed by atoms with Crippen LogP contribution in [0.3, 0.4) is 0 Å². The molecule has 0 radical (unpaired) electrons. The molecule has 0 amide bonds. The van der Waals surface area contributed by atoms with Gasteiger partial charge in [0.05, 0.1) is 6.04 Å². The van der Waals surface area contributed by atoms with Crippen molar-refractivity contribution in [3.05, 3.63) is 168 Å². The summed E-state index contributed by atoms with van der Waals surface area (Å²) in [4.78, 5) is 0. The Balaban J connectivity index is 1.45. The quantitative estimate of drug-likeness (QED) is 0.228. The predicted octanol–water partition coefficient (Wildman–Crippen LogP) is 9.13. The molecule has 2 aliphatic rings. The number of hydrogen-bond acceptors (Lipinski definition) is 1. The molecular formula is C43H29N. The van der Waals surface area contributed by atoms with Gasteiger partial charge in [-0.25, -0.2) is 0 Å². The average Bonchev–Trinajstić information content (AvgIpc) is 3.10. The molecule has 1 aliphatic heterocycles. The lowest BCUT2D eigenvalue weighted by Crippen LogP contribution is -2.44. The van der Waals surface area contributed by atoms with E-state index in [9.17, 15) is 0 Å². The van der Waals surface area contributed by atoms with Gasteiger partial charge in [0.25, 0.3) is 0 Å². The number of nitrogens with one attached hydrogen (secondary N) is 1. The topological polar surface area (TPSA) is 12.0 Å². The van der Waals surface area contributed by atoms with Crippen LogP contribution in [0.5, 0.6) is 0 Å². The Bertz CT molecular complexity index is 2470. The van der Waals surface area contributed by atoms with Gasteiger partial charge in [0, 0.05) is 11.4 Å². The molecule has 0 spiro atoms. The van der Waals surface area contributed by atoms with Gasteiger partial charge < -0.3 is 5.32 Å². The lowest BCUT2D eigenvalue weighted by atomic mass is 9.81. The SMILES string of the molecule is C1=CC2=c3c(-c4cccc5ccccc45)c4ccccc4c(-c4ccccc4-c4ccc5ccccc5c4)c3=CNC2C=C1. The summed E-state index contributed by atoms with van der Waals surface area (Å²) < 4.78 is 0. The van der Waals surface area contributed by atoms with Crippen LogP contribution in [0.25, 0.3) is 77.5 Å². The molecule has 0 aromatic heterocycles. The van der Waals surface area contributed by atoms with E-state index in [0.717, 1.165) is 0 Å². The fraction of sp³-hybridized carbons (Fsp3) is 0.0233. The van der Waals surface area contributed by atoms with Crippen molar-refractivity contribution in [2.24, 2.45) is 0 Å². The summed E-state index contributed by atoms with van der Waals surface area (Å²) in [7, 11) is 0. The third-order valence-corrected chi connectivity index (χ3v) is 9.29. The summed E-state index contributed by atoms with van der Waals surface area (Å²) in [6.07, 6.45) is 11.1. The summed E-state index contributed by atoms with van der Waals surface area (Å²) in [5.41, 5.74) is 8.86. The lowest BCUT2D eigenvalue weighted by molar-refractivity contribution is 0.879. The van der Waals surface area contributed by atoms with Gasteiger partial charge in [-0.2, -0.15) is 0 Å². The third-order valence-electron chi connectivity index (χ3n) is 9.29. The van der Waals surface area contributed by atoms with Crippen molar-refractivity contribution in [1.29, 1.82) is 0 Å². The van der Waals surface area contributed by atoms with E-state index in [4.69, 9.17) is 0 Å². The molecular weight excluding hydrogens is 530 g/mol. The Morgan fingerprint density at radius 1 is 0.477 bits per heavy atom. The third kappa shape index (κ3) is 3.80. The van der Waals surface area contributed by atoms with Gasteiger partial charge in [-0.15, -0.1) is 0 Å². The Morgan fingerprint density at radius 3 is 2.00 bits per heavy atom. The smallest absolute Gasteiger partial charge is 0.0702 e. The molecule has 1 heteroatoms. The molecule has 0 saturated carbocycles. The van der Waals surface area contributed by atoms with Gasteiger partial charge in [-0.05, 0) is 82.6 Å². The highest BCUT2D eigenvalue weighted by Gasteiger charge is 2.24. The molecule has 1 nitrogen and oxygen atoms in total. The first-order valence-electron chi connectivity index (χ1n) is 15.3. The van der Waals surface area contributed by atoms with Gasteiger partial charge in [-0.1, -0.05) is 152 Å². The molecule has 1 atom stereocenters. The molecule has 1 heterocycles. The number of benzene rings is 7. The van der Waals surface area contributed by atoms with Gasteiger partial charge in [0.1, 0.15) is 0 Å². The minimum absolute atomic E-state index is 0.131. The van der Waals surface area contributed by atoms with Crippen molar-refractivity contribution in [3.63, 3.8) is 0 Å². The second kappa shape index (κ2) is 9.97. The number of hydrogen-bond donors (Lipinski definition) is 1. The summed E-state index contributed by atoms with van der Waals surface area (Å²) in [6.45, 7) is 0. The van der Waals surface area contributed by atoms with E-state index in [1.165, 1.54) is 81.7 Å². The van der Waals surface area contributed by atoms with Crippen molar-refractivity contribution in [2.45, 2.75) is 6.04 Å². The lowest BCUT2D eigenvalue weighted by Gasteiger charge is -2.26. The highest BCUT2D eigenvalue weighted by atomic mass is 14.9. The van der Waals surface area contributed by atoms with Crippen LogP contribution in [-0.2, 0) is 0 Å². The van der Waals surface area contributed by atoms with E-state index in [0.29, 0.717) is 0 Å². The van der Waals surface area contributed by atoms with E-state index < -0.39 is 0 Å². The first kappa shape index (κ1) is 24.9. The van der Waals surface area contributed by atoms with Crippen LogP contribution in [-0.4, -0.2) is 6.04 Å². The molecule has 1 unspecified atom stereocenters. The second-order valence-corrected chi connectivity index (χ2v) is 11.7. The van der Waals surface area contributed by atoms with Crippen molar-refractivity contribution < 1.29 is 0 Å². The fourth-order valence-electron chi connectivity index (χ4n) is 7.32. The van der Waals surface area contributed by atoms with Gasteiger partial charge in [-0.3, -0.25) is 0 Å². The Kier molecular flexibility index (Phi) is 5.64. The zero-order chi connectivity index (χ0) is 29.0. The fourth-order valence-corrected chi connectivity index (χ4v) is 7.32.